The first-order valence-corrected chi connectivity index (χ1v) is 8.97. The van der Waals surface area contributed by atoms with E-state index in [4.69, 9.17) is 8.83 Å². The Labute approximate surface area is 165 Å². The van der Waals surface area contributed by atoms with Crippen molar-refractivity contribution in [3.05, 3.63) is 76.0 Å². The summed E-state index contributed by atoms with van der Waals surface area (Å²) in [6.07, 6.45) is 0. The number of rotatable bonds is 5. The van der Waals surface area contributed by atoms with Crippen LogP contribution in [0.4, 0.5) is 11.6 Å². The normalized spacial score (nSPS) is 11.1. The molecule has 1 amide bonds. The van der Waals surface area contributed by atoms with Gasteiger partial charge < -0.3 is 14.2 Å². The van der Waals surface area contributed by atoms with Crippen LogP contribution in [-0.4, -0.2) is 15.8 Å². The summed E-state index contributed by atoms with van der Waals surface area (Å²) in [6.45, 7) is 4.23. The minimum atomic E-state index is -0.699. The van der Waals surface area contributed by atoms with E-state index in [2.05, 4.69) is 24.1 Å². The van der Waals surface area contributed by atoms with Crippen LogP contribution in [0.3, 0.4) is 0 Å². The van der Waals surface area contributed by atoms with Crippen molar-refractivity contribution in [1.29, 1.82) is 0 Å². The number of aromatic nitrogens is 1. The van der Waals surface area contributed by atoms with E-state index < -0.39 is 16.7 Å². The Morgan fingerprint density at radius 3 is 2.66 bits per heavy atom. The lowest BCUT2D eigenvalue weighted by Crippen LogP contribution is -2.10. The van der Waals surface area contributed by atoms with E-state index in [-0.39, 0.29) is 5.76 Å². The summed E-state index contributed by atoms with van der Waals surface area (Å²) in [5, 5.41) is 13.3. The van der Waals surface area contributed by atoms with Crippen molar-refractivity contribution in [1.82, 2.24) is 4.98 Å². The fraction of sp³-hybridized carbons (Fsp3) is 0.143. The summed E-state index contributed by atoms with van der Waals surface area (Å²) in [5.74, 6) is -0.406. The van der Waals surface area contributed by atoms with Crippen molar-refractivity contribution < 1.29 is 18.6 Å². The second-order valence-corrected chi connectivity index (χ2v) is 6.83. The van der Waals surface area contributed by atoms with Gasteiger partial charge in [-0.15, -0.1) is 0 Å². The molecule has 0 aliphatic carbocycles. The van der Waals surface area contributed by atoms with Gasteiger partial charge in [0.2, 0.25) is 5.89 Å². The largest absolute Gasteiger partial charge is 0.436 e. The van der Waals surface area contributed by atoms with Gasteiger partial charge in [0.25, 0.3) is 5.91 Å². The van der Waals surface area contributed by atoms with Crippen molar-refractivity contribution in [2.24, 2.45) is 0 Å². The highest BCUT2D eigenvalue weighted by Crippen LogP contribution is 2.28. The Morgan fingerprint density at radius 1 is 1.10 bits per heavy atom. The first-order valence-electron chi connectivity index (χ1n) is 8.97. The van der Waals surface area contributed by atoms with Crippen LogP contribution in [0.15, 0.2) is 63.4 Å². The molecule has 146 valence electrons. The average Bonchev–Trinajstić information content (AvgIpc) is 3.35. The van der Waals surface area contributed by atoms with Crippen LogP contribution < -0.4 is 5.32 Å². The fourth-order valence-electron chi connectivity index (χ4n) is 2.90. The van der Waals surface area contributed by atoms with Crippen molar-refractivity contribution in [3.8, 4) is 11.5 Å². The first-order chi connectivity index (χ1) is 13.9. The summed E-state index contributed by atoms with van der Waals surface area (Å²) < 4.78 is 10.8. The molecule has 0 radical (unpaired) electrons. The molecule has 0 spiro atoms. The van der Waals surface area contributed by atoms with Gasteiger partial charge in [-0.3, -0.25) is 14.9 Å². The highest BCUT2D eigenvalue weighted by Gasteiger charge is 2.18. The molecule has 2 aromatic heterocycles. The lowest BCUT2D eigenvalue weighted by atomic mass is 10.0. The SMILES string of the molecule is CC(C)c1ccc2oc(-c3cccc(NC(=O)c4ccc([N+](=O)[O-])o4)c3)nc2c1. The molecular formula is C21H17N3O5. The molecule has 4 aromatic rings. The van der Waals surface area contributed by atoms with Crippen LogP contribution in [0, 0.1) is 10.1 Å². The Balaban J connectivity index is 1.59. The standard InChI is InChI=1S/C21H17N3O5/c1-12(2)13-6-7-17-16(11-13)23-21(29-17)14-4-3-5-15(10-14)22-20(25)18-8-9-19(28-18)24(26)27/h3-12H,1-2H3,(H,22,25). The number of benzene rings is 2. The minimum Gasteiger partial charge on any atom is -0.436 e. The van der Waals surface area contributed by atoms with Crippen LogP contribution in [-0.2, 0) is 0 Å². The zero-order valence-corrected chi connectivity index (χ0v) is 15.7. The molecule has 8 heteroatoms. The molecule has 0 aliphatic rings. The summed E-state index contributed by atoms with van der Waals surface area (Å²) in [5.41, 5.74) is 3.79. The van der Waals surface area contributed by atoms with Crippen molar-refractivity contribution >= 4 is 28.6 Å². The minimum absolute atomic E-state index is 0.148. The van der Waals surface area contributed by atoms with Crippen molar-refractivity contribution in [2.75, 3.05) is 5.32 Å². The maximum atomic E-state index is 12.3. The zero-order chi connectivity index (χ0) is 20.5. The van der Waals surface area contributed by atoms with E-state index >= 15 is 0 Å². The molecule has 0 bridgehead atoms. The Hall–Kier alpha value is -3.94. The number of nitrogens with one attached hydrogen (secondary N) is 1. The molecule has 4 rings (SSSR count). The second kappa shape index (κ2) is 7.23. The zero-order valence-electron chi connectivity index (χ0n) is 15.7. The van der Waals surface area contributed by atoms with E-state index in [1.54, 1.807) is 18.2 Å². The maximum Gasteiger partial charge on any atom is 0.433 e. The molecular weight excluding hydrogens is 374 g/mol. The number of furan rings is 1. The van der Waals surface area contributed by atoms with Gasteiger partial charge in [0.15, 0.2) is 11.3 Å². The molecule has 1 N–H and O–H groups in total. The van der Waals surface area contributed by atoms with Crippen LogP contribution in [0.1, 0.15) is 35.9 Å². The molecule has 29 heavy (non-hydrogen) atoms. The van der Waals surface area contributed by atoms with Crippen LogP contribution >= 0.6 is 0 Å². The molecule has 0 unspecified atom stereocenters. The number of nitro groups is 1. The number of fused-ring (bicyclic) bond motifs is 1. The molecule has 0 saturated carbocycles. The number of carbonyl (C=O) groups excluding carboxylic acids is 1. The van der Waals surface area contributed by atoms with Gasteiger partial charge in [0.1, 0.15) is 10.4 Å². The molecule has 0 aliphatic heterocycles. The number of amides is 1. The molecule has 8 nitrogen and oxygen atoms in total. The van der Waals surface area contributed by atoms with Crippen LogP contribution in [0.25, 0.3) is 22.6 Å². The van der Waals surface area contributed by atoms with Crippen molar-refractivity contribution in [3.63, 3.8) is 0 Å². The Morgan fingerprint density at radius 2 is 1.93 bits per heavy atom. The van der Waals surface area contributed by atoms with E-state index in [0.717, 1.165) is 11.6 Å². The van der Waals surface area contributed by atoms with E-state index in [9.17, 15) is 14.9 Å². The topological polar surface area (TPSA) is 111 Å². The summed E-state index contributed by atoms with van der Waals surface area (Å²) in [6, 6.07) is 15.3. The third-order valence-electron chi connectivity index (χ3n) is 4.44. The molecule has 0 fully saturated rings. The average molecular weight is 391 g/mol. The van der Waals surface area contributed by atoms with Crippen LogP contribution in [0.2, 0.25) is 0 Å². The highest BCUT2D eigenvalue weighted by molar-refractivity contribution is 6.02. The van der Waals surface area contributed by atoms with Crippen molar-refractivity contribution in [2.45, 2.75) is 19.8 Å². The summed E-state index contributed by atoms with van der Waals surface area (Å²) in [4.78, 5) is 26.8. The van der Waals surface area contributed by atoms with Gasteiger partial charge in [0, 0.05) is 11.3 Å². The van der Waals surface area contributed by atoms with E-state index in [0.29, 0.717) is 28.6 Å². The predicted octanol–water partition coefficient (Wildman–Crippen LogP) is 5.37. The van der Waals surface area contributed by atoms with Gasteiger partial charge in [-0.25, -0.2) is 4.98 Å². The van der Waals surface area contributed by atoms with Crippen LogP contribution in [0.5, 0.6) is 0 Å². The third kappa shape index (κ3) is 3.73. The molecule has 0 saturated heterocycles. The lowest BCUT2D eigenvalue weighted by Gasteiger charge is -2.04. The Kier molecular flexibility index (Phi) is 4.59. The molecule has 2 aromatic carbocycles. The number of hydrogen-bond donors (Lipinski definition) is 1. The van der Waals surface area contributed by atoms with Gasteiger partial charge in [-0.2, -0.15) is 0 Å². The van der Waals surface area contributed by atoms with Gasteiger partial charge in [-0.05, 0) is 47.9 Å². The smallest absolute Gasteiger partial charge is 0.433 e. The van der Waals surface area contributed by atoms with E-state index in [1.807, 2.05) is 24.3 Å². The predicted molar refractivity (Wildman–Crippen MR) is 107 cm³/mol. The maximum absolute atomic E-state index is 12.3. The molecule has 0 atom stereocenters. The highest BCUT2D eigenvalue weighted by atomic mass is 16.6. The van der Waals surface area contributed by atoms with Gasteiger partial charge in [0.05, 0.1) is 6.07 Å². The number of carbonyl (C=O) groups is 1. The van der Waals surface area contributed by atoms with E-state index in [1.165, 1.54) is 11.6 Å². The summed E-state index contributed by atoms with van der Waals surface area (Å²) >= 11 is 0. The van der Waals surface area contributed by atoms with Gasteiger partial charge in [-0.1, -0.05) is 26.0 Å². The fourth-order valence-corrected chi connectivity index (χ4v) is 2.90. The molecule has 2 heterocycles. The lowest BCUT2D eigenvalue weighted by molar-refractivity contribution is -0.402. The summed E-state index contributed by atoms with van der Waals surface area (Å²) in [7, 11) is 0. The monoisotopic (exact) mass is 391 g/mol. The number of nitrogens with zero attached hydrogens (tertiary/aromatic N) is 2. The van der Waals surface area contributed by atoms with Gasteiger partial charge >= 0.3 is 5.88 Å². The number of anilines is 1. The quantitative estimate of drug-likeness (QED) is 0.361. The Bertz CT molecular complexity index is 1220. The number of hydrogen-bond acceptors (Lipinski definition) is 6. The third-order valence-corrected chi connectivity index (χ3v) is 4.44. The second-order valence-electron chi connectivity index (χ2n) is 6.83. The first kappa shape index (κ1) is 18.4. The number of oxazole rings is 1.